The molecule has 0 radical (unpaired) electrons. The van der Waals surface area contributed by atoms with Gasteiger partial charge in [-0.25, -0.2) is 4.68 Å². The summed E-state index contributed by atoms with van der Waals surface area (Å²) < 4.78 is 11.9. The lowest BCUT2D eigenvalue weighted by atomic mass is 10.3. The molecule has 0 aliphatic carbocycles. The standard InChI is InChI=1S/C15H14N4O3/c1-11-7-8-15(20)19(17-11)9-14-16-13(18-22-14)10-21-12-5-3-2-4-6-12/h2-8H,9-10H2,1H3. The van der Waals surface area contributed by atoms with Crippen LogP contribution >= 0.6 is 0 Å². The van der Waals surface area contributed by atoms with Crippen LogP contribution in [-0.4, -0.2) is 19.9 Å². The zero-order valence-corrected chi connectivity index (χ0v) is 12.0. The lowest BCUT2D eigenvalue weighted by Crippen LogP contribution is -2.23. The summed E-state index contributed by atoms with van der Waals surface area (Å²) in [7, 11) is 0. The highest BCUT2D eigenvalue weighted by atomic mass is 16.5. The Hall–Kier alpha value is -2.96. The zero-order chi connectivity index (χ0) is 15.4. The number of aromatic nitrogens is 4. The first-order valence-electron chi connectivity index (χ1n) is 6.75. The van der Waals surface area contributed by atoms with E-state index in [1.54, 1.807) is 6.07 Å². The van der Waals surface area contributed by atoms with Crippen LogP contribution in [0.4, 0.5) is 0 Å². The highest BCUT2D eigenvalue weighted by Crippen LogP contribution is 2.10. The van der Waals surface area contributed by atoms with Crippen molar-refractivity contribution in [3.05, 3.63) is 70.2 Å². The van der Waals surface area contributed by atoms with E-state index in [0.29, 0.717) is 11.7 Å². The van der Waals surface area contributed by atoms with Crippen LogP contribution in [0.3, 0.4) is 0 Å². The number of para-hydroxylation sites is 1. The van der Waals surface area contributed by atoms with Crippen LogP contribution in [0.25, 0.3) is 0 Å². The first kappa shape index (κ1) is 14.0. The van der Waals surface area contributed by atoms with Crippen molar-refractivity contribution in [1.82, 2.24) is 19.9 Å². The molecule has 0 aliphatic rings. The third-order valence-electron chi connectivity index (χ3n) is 2.91. The molecule has 2 aromatic heterocycles. The first-order valence-corrected chi connectivity index (χ1v) is 6.75. The summed E-state index contributed by atoms with van der Waals surface area (Å²) in [5.74, 6) is 1.46. The highest BCUT2D eigenvalue weighted by Gasteiger charge is 2.09. The predicted molar refractivity (Wildman–Crippen MR) is 77.4 cm³/mol. The molecule has 3 aromatic rings. The normalized spacial score (nSPS) is 10.6. The smallest absolute Gasteiger partial charge is 0.267 e. The third-order valence-corrected chi connectivity index (χ3v) is 2.91. The zero-order valence-electron chi connectivity index (χ0n) is 12.0. The van der Waals surface area contributed by atoms with Crippen molar-refractivity contribution in [2.24, 2.45) is 0 Å². The highest BCUT2D eigenvalue weighted by molar-refractivity contribution is 5.20. The molecule has 112 valence electrons. The topological polar surface area (TPSA) is 83.0 Å². The number of hydrogen-bond acceptors (Lipinski definition) is 6. The second-order valence-corrected chi connectivity index (χ2v) is 4.68. The summed E-state index contributed by atoms with van der Waals surface area (Å²) in [4.78, 5) is 15.9. The fourth-order valence-electron chi connectivity index (χ4n) is 1.87. The Kier molecular flexibility index (Phi) is 3.95. The largest absolute Gasteiger partial charge is 0.485 e. The lowest BCUT2D eigenvalue weighted by molar-refractivity contribution is 0.284. The van der Waals surface area contributed by atoms with E-state index in [2.05, 4.69) is 15.2 Å². The summed E-state index contributed by atoms with van der Waals surface area (Å²) >= 11 is 0. The number of hydrogen-bond donors (Lipinski definition) is 0. The molecular formula is C15H14N4O3. The maximum Gasteiger partial charge on any atom is 0.267 e. The van der Waals surface area contributed by atoms with Gasteiger partial charge in [0.1, 0.15) is 12.3 Å². The quantitative estimate of drug-likeness (QED) is 0.711. The Bertz CT molecular complexity index is 811. The number of rotatable bonds is 5. The van der Waals surface area contributed by atoms with E-state index in [-0.39, 0.29) is 18.7 Å². The predicted octanol–water partition coefficient (Wildman–Crippen LogP) is 1.56. The number of aryl methyl sites for hydroxylation is 1. The van der Waals surface area contributed by atoms with E-state index >= 15 is 0 Å². The summed E-state index contributed by atoms with van der Waals surface area (Å²) in [6.45, 7) is 2.14. The molecule has 2 heterocycles. The Morgan fingerprint density at radius 1 is 1.18 bits per heavy atom. The molecule has 22 heavy (non-hydrogen) atoms. The van der Waals surface area contributed by atoms with E-state index in [1.165, 1.54) is 10.7 Å². The molecule has 7 nitrogen and oxygen atoms in total. The van der Waals surface area contributed by atoms with Crippen LogP contribution in [-0.2, 0) is 13.2 Å². The van der Waals surface area contributed by atoms with Gasteiger partial charge in [-0.3, -0.25) is 4.79 Å². The van der Waals surface area contributed by atoms with E-state index in [1.807, 2.05) is 37.3 Å². The van der Waals surface area contributed by atoms with Gasteiger partial charge in [0.05, 0.1) is 5.69 Å². The van der Waals surface area contributed by atoms with Crippen LogP contribution in [0.2, 0.25) is 0 Å². The van der Waals surface area contributed by atoms with Crippen LogP contribution in [0.15, 0.2) is 51.8 Å². The van der Waals surface area contributed by atoms with Crippen molar-refractivity contribution in [2.75, 3.05) is 0 Å². The van der Waals surface area contributed by atoms with E-state index < -0.39 is 0 Å². The van der Waals surface area contributed by atoms with Crippen molar-refractivity contribution >= 4 is 0 Å². The molecule has 0 bridgehead atoms. The van der Waals surface area contributed by atoms with Crippen molar-refractivity contribution in [1.29, 1.82) is 0 Å². The summed E-state index contributed by atoms with van der Waals surface area (Å²) in [5, 5.41) is 7.94. The maximum absolute atomic E-state index is 11.7. The first-order chi connectivity index (χ1) is 10.7. The molecular weight excluding hydrogens is 284 g/mol. The monoisotopic (exact) mass is 298 g/mol. The van der Waals surface area contributed by atoms with Gasteiger partial charge in [-0.05, 0) is 25.1 Å². The summed E-state index contributed by atoms with van der Waals surface area (Å²) in [6, 6.07) is 12.5. The van der Waals surface area contributed by atoms with Gasteiger partial charge in [0.25, 0.3) is 5.56 Å². The summed E-state index contributed by atoms with van der Waals surface area (Å²) in [5.41, 5.74) is 0.526. The van der Waals surface area contributed by atoms with Gasteiger partial charge in [0.15, 0.2) is 6.61 Å². The molecule has 0 amide bonds. The fourth-order valence-corrected chi connectivity index (χ4v) is 1.87. The van der Waals surface area contributed by atoms with Gasteiger partial charge in [-0.15, -0.1) is 0 Å². The molecule has 0 aliphatic heterocycles. The SMILES string of the molecule is Cc1ccc(=O)n(Cc2nc(COc3ccccc3)no2)n1. The molecule has 7 heteroatoms. The van der Waals surface area contributed by atoms with Crippen LogP contribution in [0.5, 0.6) is 5.75 Å². The van der Waals surface area contributed by atoms with Gasteiger partial charge in [-0.1, -0.05) is 23.4 Å². The van der Waals surface area contributed by atoms with Gasteiger partial charge in [0, 0.05) is 6.07 Å². The van der Waals surface area contributed by atoms with Crippen molar-refractivity contribution in [2.45, 2.75) is 20.1 Å². The summed E-state index contributed by atoms with van der Waals surface area (Å²) in [6.07, 6.45) is 0. The Morgan fingerprint density at radius 2 is 2.00 bits per heavy atom. The Morgan fingerprint density at radius 3 is 2.82 bits per heavy atom. The molecule has 0 atom stereocenters. The van der Waals surface area contributed by atoms with Crippen molar-refractivity contribution in [3.8, 4) is 5.75 Å². The van der Waals surface area contributed by atoms with Gasteiger partial charge in [-0.2, -0.15) is 10.1 Å². The molecule has 0 unspecified atom stereocenters. The molecule has 1 aromatic carbocycles. The van der Waals surface area contributed by atoms with Crippen molar-refractivity contribution in [3.63, 3.8) is 0 Å². The maximum atomic E-state index is 11.7. The molecule has 0 N–H and O–H groups in total. The molecule has 0 spiro atoms. The average Bonchev–Trinajstić information content (AvgIpc) is 2.98. The number of benzene rings is 1. The minimum Gasteiger partial charge on any atom is -0.485 e. The Labute approximate surface area is 126 Å². The average molecular weight is 298 g/mol. The van der Waals surface area contributed by atoms with Crippen LogP contribution in [0, 0.1) is 6.92 Å². The number of nitrogens with zero attached hydrogens (tertiary/aromatic N) is 4. The molecule has 0 saturated carbocycles. The van der Waals surface area contributed by atoms with Gasteiger partial charge < -0.3 is 9.26 Å². The second kappa shape index (κ2) is 6.21. The minimum atomic E-state index is -0.217. The van der Waals surface area contributed by atoms with Gasteiger partial charge in [0.2, 0.25) is 11.7 Å². The van der Waals surface area contributed by atoms with Gasteiger partial charge >= 0.3 is 0 Å². The molecule has 0 fully saturated rings. The van der Waals surface area contributed by atoms with Crippen molar-refractivity contribution < 1.29 is 9.26 Å². The Balaban J connectivity index is 1.66. The van der Waals surface area contributed by atoms with Crippen LogP contribution < -0.4 is 10.3 Å². The minimum absolute atomic E-state index is 0.138. The molecule has 3 rings (SSSR count). The van der Waals surface area contributed by atoms with E-state index in [0.717, 1.165) is 11.4 Å². The second-order valence-electron chi connectivity index (χ2n) is 4.68. The molecule has 0 saturated heterocycles. The lowest BCUT2D eigenvalue weighted by Gasteiger charge is -2.01. The fraction of sp³-hybridized carbons (Fsp3) is 0.200. The number of ether oxygens (including phenoxy) is 1. The van der Waals surface area contributed by atoms with Crippen LogP contribution in [0.1, 0.15) is 17.4 Å². The van der Waals surface area contributed by atoms with E-state index in [4.69, 9.17) is 9.26 Å². The third kappa shape index (κ3) is 3.38. The van der Waals surface area contributed by atoms with E-state index in [9.17, 15) is 4.79 Å².